The Balaban J connectivity index is 1.80. The molecule has 0 aromatic heterocycles. The minimum atomic E-state index is -0.158. The van der Waals surface area contributed by atoms with Gasteiger partial charge in [0.2, 0.25) is 0 Å². The summed E-state index contributed by atoms with van der Waals surface area (Å²) in [6, 6.07) is 5.26. The van der Waals surface area contributed by atoms with E-state index >= 15 is 0 Å². The van der Waals surface area contributed by atoms with Gasteiger partial charge in [0.1, 0.15) is 5.82 Å². The highest BCUT2D eigenvalue weighted by molar-refractivity contribution is 5.25. The maximum absolute atomic E-state index is 13.5. The predicted octanol–water partition coefficient (Wildman–Crippen LogP) is 2.16. The molecule has 1 atom stereocenters. The standard InChI is InChI=1S/C16H26FN3/c1-3-19-8-10-20(11-9-19)7-6-16(18)14-5-4-13(2)15(17)12-14/h4-5,12,16H,3,6-11,18H2,1-2H3. The molecule has 2 N–H and O–H groups in total. The van der Waals surface area contributed by atoms with Crippen molar-refractivity contribution < 1.29 is 4.39 Å². The average Bonchev–Trinajstić information content (AvgIpc) is 2.48. The van der Waals surface area contributed by atoms with Gasteiger partial charge in [0.15, 0.2) is 0 Å². The molecule has 1 aromatic carbocycles. The first-order valence-electron chi connectivity index (χ1n) is 7.56. The topological polar surface area (TPSA) is 32.5 Å². The van der Waals surface area contributed by atoms with E-state index in [1.165, 1.54) is 0 Å². The van der Waals surface area contributed by atoms with E-state index in [2.05, 4.69) is 16.7 Å². The van der Waals surface area contributed by atoms with E-state index in [-0.39, 0.29) is 11.9 Å². The first-order chi connectivity index (χ1) is 9.60. The highest BCUT2D eigenvalue weighted by atomic mass is 19.1. The molecule has 4 heteroatoms. The van der Waals surface area contributed by atoms with Crippen molar-refractivity contribution in [3.05, 3.63) is 35.1 Å². The van der Waals surface area contributed by atoms with Gasteiger partial charge in [-0.05, 0) is 37.1 Å². The lowest BCUT2D eigenvalue weighted by Gasteiger charge is -2.34. The summed E-state index contributed by atoms with van der Waals surface area (Å²) in [5.74, 6) is -0.158. The molecule has 2 rings (SSSR count). The second-order valence-corrected chi connectivity index (χ2v) is 5.68. The van der Waals surface area contributed by atoms with Crippen LogP contribution in [0.25, 0.3) is 0 Å². The SMILES string of the molecule is CCN1CCN(CCC(N)c2ccc(C)c(F)c2)CC1. The molecule has 1 aliphatic rings. The molecule has 1 aromatic rings. The van der Waals surface area contributed by atoms with Crippen LogP contribution in [-0.2, 0) is 0 Å². The number of nitrogens with two attached hydrogens (primary N) is 1. The predicted molar refractivity (Wildman–Crippen MR) is 81.2 cm³/mol. The molecule has 0 saturated carbocycles. The summed E-state index contributed by atoms with van der Waals surface area (Å²) >= 11 is 0. The van der Waals surface area contributed by atoms with Crippen LogP contribution in [0.15, 0.2) is 18.2 Å². The molecule has 1 heterocycles. The fraction of sp³-hybridized carbons (Fsp3) is 0.625. The van der Waals surface area contributed by atoms with Gasteiger partial charge in [0.25, 0.3) is 0 Å². The van der Waals surface area contributed by atoms with Crippen LogP contribution in [0.2, 0.25) is 0 Å². The molecular weight excluding hydrogens is 253 g/mol. The number of hydrogen-bond acceptors (Lipinski definition) is 3. The van der Waals surface area contributed by atoms with Gasteiger partial charge >= 0.3 is 0 Å². The summed E-state index contributed by atoms with van der Waals surface area (Å²) in [6.45, 7) is 10.6. The Labute approximate surface area is 121 Å². The van der Waals surface area contributed by atoms with Crippen LogP contribution in [0, 0.1) is 12.7 Å². The average molecular weight is 279 g/mol. The van der Waals surface area contributed by atoms with Gasteiger partial charge in [-0.25, -0.2) is 4.39 Å². The summed E-state index contributed by atoms with van der Waals surface area (Å²) < 4.78 is 13.5. The van der Waals surface area contributed by atoms with Gasteiger partial charge in [-0.2, -0.15) is 0 Å². The van der Waals surface area contributed by atoms with Gasteiger partial charge in [-0.3, -0.25) is 0 Å². The second kappa shape index (κ2) is 7.16. The first-order valence-corrected chi connectivity index (χ1v) is 7.56. The Kier molecular flexibility index (Phi) is 5.52. The summed E-state index contributed by atoms with van der Waals surface area (Å²) in [6.07, 6.45) is 0.884. The highest BCUT2D eigenvalue weighted by Crippen LogP contribution is 2.18. The third-order valence-corrected chi connectivity index (χ3v) is 4.29. The maximum atomic E-state index is 13.5. The molecule has 1 unspecified atom stereocenters. The maximum Gasteiger partial charge on any atom is 0.126 e. The van der Waals surface area contributed by atoms with Gasteiger partial charge in [0, 0.05) is 38.8 Å². The number of nitrogens with zero attached hydrogens (tertiary/aromatic N) is 2. The van der Waals surface area contributed by atoms with E-state index in [1.807, 2.05) is 12.1 Å². The summed E-state index contributed by atoms with van der Waals surface area (Å²) in [4.78, 5) is 4.92. The Morgan fingerprint density at radius 3 is 2.45 bits per heavy atom. The van der Waals surface area contributed by atoms with Crippen LogP contribution < -0.4 is 5.73 Å². The highest BCUT2D eigenvalue weighted by Gasteiger charge is 2.16. The minimum absolute atomic E-state index is 0.0747. The number of hydrogen-bond donors (Lipinski definition) is 1. The third-order valence-electron chi connectivity index (χ3n) is 4.29. The first kappa shape index (κ1) is 15.4. The molecule has 0 aliphatic carbocycles. The summed E-state index contributed by atoms with van der Waals surface area (Å²) in [5.41, 5.74) is 7.76. The molecule has 1 fully saturated rings. The van der Waals surface area contributed by atoms with E-state index in [1.54, 1.807) is 13.0 Å². The third kappa shape index (κ3) is 4.01. The molecule has 1 aliphatic heterocycles. The van der Waals surface area contributed by atoms with Gasteiger partial charge in [0.05, 0.1) is 0 Å². The smallest absolute Gasteiger partial charge is 0.126 e. The number of likely N-dealkylation sites (N-methyl/N-ethyl adjacent to an activating group) is 1. The molecule has 3 nitrogen and oxygen atoms in total. The zero-order valence-electron chi connectivity index (χ0n) is 12.6. The van der Waals surface area contributed by atoms with E-state index in [0.29, 0.717) is 5.56 Å². The quantitative estimate of drug-likeness (QED) is 0.896. The Hall–Kier alpha value is -0.970. The van der Waals surface area contributed by atoms with Crippen molar-refractivity contribution in [3.8, 4) is 0 Å². The fourth-order valence-corrected chi connectivity index (χ4v) is 2.66. The van der Waals surface area contributed by atoms with Crippen LogP contribution in [0.1, 0.15) is 30.5 Å². The Bertz CT molecular complexity index is 428. The zero-order valence-corrected chi connectivity index (χ0v) is 12.6. The van der Waals surface area contributed by atoms with E-state index in [0.717, 1.165) is 51.3 Å². The van der Waals surface area contributed by atoms with E-state index < -0.39 is 0 Å². The molecule has 0 spiro atoms. The number of aryl methyl sites for hydroxylation is 1. The summed E-state index contributed by atoms with van der Waals surface area (Å²) in [5, 5.41) is 0. The van der Waals surface area contributed by atoms with Crippen molar-refractivity contribution in [2.45, 2.75) is 26.3 Å². The van der Waals surface area contributed by atoms with Crippen LogP contribution in [0.4, 0.5) is 4.39 Å². The number of piperazine rings is 1. The molecule has 0 amide bonds. The number of benzene rings is 1. The van der Waals surface area contributed by atoms with Crippen LogP contribution in [0.3, 0.4) is 0 Å². The zero-order chi connectivity index (χ0) is 14.5. The number of halogens is 1. The fourth-order valence-electron chi connectivity index (χ4n) is 2.66. The van der Waals surface area contributed by atoms with E-state index in [9.17, 15) is 4.39 Å². The van der Waals surface area contributed by atoms with Crippen molar-refractivity contribution >= 4 is 0 Å². The van der Waals surface area contributed by atoms with Gasteiger partial charge in [-0.15, -0.1) is 0 Å². The van der Waals surface area contributed by atoms with Crippen LogP contribution in [-0.4, -0.2) is 49.1 Å². The molecule has 1 saturated heterocycles. The summed E-state index contributed by atoms with van der Waals surface area (Å²) in [7, 11) is 0. The Morgan fingerprint density at radius 2 is 1.85 bits per heavy atom. The molecule has 20 heavy (non-hydrogen) atoms. The van der Waals surface area contributed by atoms with Crippen molar-refractivity contribution in [1.29, 1.82) is 0 Å². The lowest BCUT2D eigenvalue weighted by Crippen LogP contribution is -2.46. The number of rotatable bonds is 5. The Morgan fingerprint density at radius 1 is 1.20 bits per heavy atom. The van der Waals surface area contributed by atoms with Gasteiger partial charge in [-0.1, -0.05) is 19.1 Å². The van der Waals surface area contributed by atoms with Crippen LogP contribution in [0.5, 0.6) is 0 Å². The monoisotopic (exact) mass is 279 g/mol. The lowest BCUT2D eigenvalue weighted by molar-refractivity contribution is 0.134. The molecule has 0 radical (unpaired) electrons. The normalized spacial score (nSPS) is 19.2. The van der Waals surface area contributed by atoms with Crippen molar-refractivity contribution in [2.24, 2.45) is 5.73 Å². The second-order valence-electron chi connectivity index (χ2n) is 5.68. The van der Waals surface area contributed by atoms with Crippen molar-refractivity contribution in [1.82, 2.24) is 9.80 Å². The van der Waals surface area contributed by atoms with Crippen molar-refractivity contribution in [3.63, 3.8) is 0 Å². The van der Waals surface area contributed by atoms with Crippen LogP contribution >= 0.6 is 0 Å². The van der Waals surface area contributed by atoms with Gasteiger partial charge < -0.3 is 15.5 Å². The van der Waals surface area contributed by atoms with E-state index in [4.69, 9.17) is 5.73 Å². The largest absolute Gasteiger partial charge is 0.324 e. The molecular formula is C16H26FN3. The molecule has 0 bridgehead atoms. The lowest BCUT2D eigenvalue weighted by atomic mass is 10.0. The van der Waals surface area contributed by atoms with Crippen molar-refractivity contribution in [2.75, 3.05) is 39.3 Å². The molecule has 112 valence electrons. The minimum Gasteiger partial charge on any atom is -0.324 e.